The van der Waals surface area contributed by atoms with Crippen molar-refractivity contribution in [3.63, 3.8) is 0 Å². The van der Waals surface area contributed by atoms with Crippen LogP contribution in [0.1, 0.15) is 12.0 Å². The Bertz CT molecular complexity index is 1000. The summed E-state index contributed by atoms with van der Waals surface area (Å²) >= 11 is 1.76. The normalized spacial score (nSPS) is 11.5. The molecule has 4 rings (SSSR count). The lowest BCUT2D eigenvalue weighted by Gasteiger charge is -2.17. The van der Waals surface area contributed by atoms with Crippen LogP contribution in [0, 0.1) is 0 Å². The third-order valence-electron chi connectivity index (χ3n) is 4.87. The van der Waals surface area contributed by atoms with E-state index in [1.54, 1.807) is 11.8 Å². The van der Waals surface area contributed by atoms with Crippen molar-refractivity contribution < 1.29 is 0 Å². The van der Waals surface area contributed by atoms with Crippen molar-refractivity contribution in [1.29, 1.82) is 0 Å². The maximum atomic E-state index is 4.54. The van der Waals surface area contributed by atoms with E-state index in [2.05, 4.69) is 84.6 Å². The Balaban J connectivity index is 1.90. The second-order valence-corrected chi connectivity index (χ2v) is 8.11. The summed E-state index contributed by atoms with van der Waals surface area (Å²) < 4.78 is 0. The smallest absolute Gasteiger partial charge is 0.101 e. The van der Waals surface area contributed by atoms with Crippen LogP contribution in [0.5, 0.6) is 0 Å². The van der Waals surface area contributed by atoms with Gasteiger partial charge < -0.3 is 4.90 Å². The maximum absolute atomic E-state index is 4.54. The minimum Gasteiger partial charge on any atom is -0.309 e. The second kappa shape index (κ2) is 8.12. The van der Waals surface area contributed by atoms with Crippen molar-refractivity contribution >= 4 is 33.3 Å². The van der Waals surface area contributed by atoms with Gasteiger partial charge in [-0.1, -0.05) is 66.4 Å². The van der Waals surface area contributed by atoms with Crippen molar-refractivity contribution in [2.45, 2.75) is 22.8 Å². The fraction of sp³-hybridized carbons (Fsp3) is 0.208. The van der Waals surface area contributed by atoms with Gasteiger partial charge in [-0.05, 0) is 72.7 Å². The van der Waals surface area contributed by atoms with Gasteiger partial charge in [-0.3, -0.25) is 0 Å². The largest absolute Gasteiger partial charge is 0.309 e. The Kier molecular flexibility index (Phi) is 5.42. The zero-order chi connectivity index (χ0) is 18.6. The van der Waals surface area contributed by atoms with Gasteiger partial charge in [0.25, 0.3) is 0 Å². The standard InChI is InChI=1S/C24H24N2S/c1-26(2)17-9-14-18-19-10-3-5-12-21(19)24(22-13-6-4-11-20(18)22)27-23-15-7-8-16-25-23/h3-8,10-13,15-16H,9,14,17H2,1-2H3. The number of fused-ring (bicyclic) bond motifs is 2. The minimum absolute atomic E-state index is 1.04. The summed E-state index contributed by atoms with van der Waals surface area (Å²) in [6, 6.07) is 23.7. The first-order valence-electron chi connectivity index (χ1n) is 9.40. The number of aromatic nitrogens is 1. The van der Waals surface area contributed by atoms with Gasteiger partial charge >= 0.3 is 0 Å². The maximum Gasteiger partial charge on any atom is 0.101 e. The first-order chi connectivity index (χ1) is 13.2. The molecule has 0 saturated carbocycles. The molecule has 1 aromatic heterocycles. The van der Waals surface area contributed by atoms with Crippen molar-refractivity contribution in [2.24, 2.45) is 0 Å². The molecule has 0 aliphatic heterocycles. The molecule has 1 heterocycles. The molecule has 4 aromatic rings. The van der Waals surface area contributed by atoms with E-state index >= 15 is 0 Å². The number of rotatable bonds is 6. The van der Waals surface area contributed by atoms with Crippen LogP contribution >= 0.6 is 11.8 Å². The molecule has 0 aliphatic rings. The predicted octanol–water partition coefficient (Wildman–Crippen LogP) is 6.03. The fourth-order valence-corrected chi connectivity index (χ4v) is 4.69. The number of nitrogens with zero attached hydrogens (tertiary/aromatic N) is 2. The van der Waals surface area contributed by atoms with Crippen LogP contribution in [0.4, 0.5) is 0 Å². The van der Waals surface area contributed by atoms with E-state index in [1.165, 1.54) is 32.0 Å². The molecule has 3 aromatic carbocycles. The summed E-state index contributed by atoms with van der Waals surface area (Å²) in [5.74, 6) is 0. The molecule has 2 nitrogen and oxygen atoms in total. The highest BCUT2D eigenvalue weighted by Gasteiger charge is 2.14. The fourth-order valence-electron chi connectivity index (χ4n) is 3.64. The van der Waals surface area contributed by atoms with Gasteiger partial charge in [-0.25, -0.2) is 4.98 Å². The molecule has 0 amide bonds. The Morgan fingerprint density at radius 2 is 1.37 bits per heavy atom. The number of pyridine rings is 1. The summed E-state index contributed by atoms with van der Waals surface area (Å²) in [5.41, 5.74) is 1.47. The monoisotopic (exact) mass is 372 g/mol. The van der Waals surface area contributed by atoms with Crippen LogP contribution in [0.2, 0.25) is 0 Å². The molecule has 0 aliphatic carbocycles. The van der Waals surface area contributed by atoms with E-state index in [1.807, 2.05) is 12.3 Å². The van der Waals surface area contributed by atoms with Gasteiger partial charge in [-0.2, -0.15) is 0 Å². The summed E-state index contributed by atoms with van der Waals surface area (Å²) in [5, 5.41) is 6.42. The zero-order valence-corrected chi connectivity index (χ0v) is 16.7. The molecule has 136 valence electrons. The molecule has 0 atom stereocenters. The van der Waals surface area contributed by atoms with E-state index < -0.39 is 0 Å². The third kappa shape index (κ3) is 3.85. The molecule has 0 spiro atoms. The molecule has 0 fully saturated rings. The quantitative estimate of drug-likeness (QED) is 0.384. The van der Waals surface area contributed by atoms with Crippen LogP contribution in [0.3, 0.4) is 0 Å². The SMILES string of the molecule is CN(C)CCCc1c2ccccc2c(Sc2ccccn2)c2ccccc12. The number of hydrogen-bond acceptors (Lipinski definition) is 3. The molecule has 0 bridgehead atoms. The Hall–Kier alpha value is -2.36. The molecule has 0 radical (unpaired) electrons. The lowest BCUT2D eigenvalue weighted by Crippen LogP contribution is -2.13. The van der Waals surface area contributed by atoms with Gasteiger partial charge in [-0.15, -0.1) is 0 Å². The summed E-state index contributed by atoms with van der Waals surface area (Å²) in [6.07, 6.45) is 4.11. The highest BCUT2D eigenvalue weighted by atomic mass is 32.2. The van der Waals surface area contributed by atoms with Gasteiger partial charge in [0, 0.05) is 11.1 Å². The summed E-state index contributed by atoms with van der Waals surface area (Å²) in [4.78, 5) is 8.10. The van der Waals surface area contributed by atoms with E-state index in [4.69, 9.17) is 0 Å². The van der Waals surface area contributed by atoms with Crippen molar-refractivity contribution in [3.05, 3.63) is 78.5 Å². The molecule has 3 heteroatoms. The minimum atomic E-state index is 1.04. The third-order valence-corrected chi connectivity index (χ3v) is 5.96. The second-order valence-electron chi connectivity index (χ2n) is 7.08. The van der Waals surface area contributed by atoms with Gasteiger partial charge in [0.2, 0.25) is 0 Å². The highest BCUT2D eigenvalue weighted by molar-refractivity contribution is 7.99. The number of benzene rings is 3. The van der Waals surface area contributed by atoms with Crippen LogP contribution in [0.15, 0.2) is 82.8 Å². The lowest BCUT2D eigenvalue weighted by molar-refractivity contribution is 0.401. The predicted molar refractivity (Wildman–Crippen MR) is 117 cm³/mol. The summed E-state index contributed by atoms with van der Waals surface area (Å²) in [6.45, 7) is 1.10. The molecular formula is C24H24N2S. The number of aryl methyl sites for hydroxylation is 1. The average molecular weight is 373 g/mol. The van der Waals surface area contributed by atoms with Gasteiger partial charge in [0.1, 0.15) is 5.03 Å². The number of hydrogen-bond donors (Lipinski definition) is 0. The molecule has 27 heavy (non-hydrogen) atoms. The van der Waals surface area contributed by atoms with Crippen molar-refractivity contribution in [3.8, 4) is 0 Å². The van der Waals surface area contributed by atoms with Crippen molar-refractivity contribution in [2.75, 3.05) is 20.6 Å². The highest BCUT2D eigenvalue weighted by Crippen LogP contribution is 2.41. The Labute approximate surface area is 165 Å². The molecular weight excluding hydrogens is 348 g/mol. The Morgan fingerprint density at radius 1 is 0.778 bits per heavy atom. The van der Waals surface area contributed by atoms with E-state index in [0.717, 1.165) is 24.4 Å². The lowest BCUT2D eigenvalue weighted by atomic mass is 9.94. The average Bonchev–Trinajstić information content (AvgIpc) is 2.70. The Morgan fingerprint density at radius 3 is 1.93 bits per heavy atom. The van der Waals surface area contributed by atoms with Gasteiger partial charge in [0.05, 0.1) is 0 Å². The topological polar surface area (TPSA) is 16.1 Å². The van der Waals surface area contributed by atoms with Crippen LogP contribution in [-0.2, 0) is 6.42 Å². The van der Waals surface area contributed by atoms with E-state index in [9.17, 15) is 0 Å². The zero-order valence-electron chi connectivity index (χ0n) is 15.9. The van der Waals surface area contributed by atoms with Crippen molar-refractivity contribution in [1.82, 2.24) is 9.88 Å². The van der Waals surface area contributed by atoms with E-state index in [-0.39, 0.29) is 0 Å². The first-order valence-corrected chi connectivity index (χ1v) is 10.2. The van der Waals surface area contributed by atoms with E-state index in [0.29, 0.717) is 0 Å². The van der Waals surface area contributed by atoms with Crippen LogP contribution < -0.4 is 0 Å². The summed E-state index contributed by atoms with van der Waals surface area (Å²) in [7, 11) is 4.28. The van der Waals surface area contributed by atoms with Gasteiger partial charge in [0.15, 0.2) is 0 Å². The molecule has 0 unspecified atom stereocenters. The van der Waals surface area contributed by atoms with Crippen LogP contribution in [0.25, 0.3) is 21.5 Å². The van der Waals surface area contributed by atoms with Crippen LogP contribution in [-0.4, -0.2) is 30.5 Å². The molecule has 0 saturated heterocycles. The molecule has 0 N–H and O–H groups in total. The first kappa shape index (κ1) is 18.0.